The lowest BCUT2D eigenvalue weighted by atomic mass is 10.2. The molecule has 1 aliphatic heterocycles. The summed E-state index contributed by atoms with van der Waals surface area (Å²) >= 11 is 0. The van der Waals surface area contributed by atoms with Crippen LogP contribution in [0.5, 0.6) is 0 Å². The maximum atomic E-state index is 5.11. The Kier molecular flexibility index (Phi) is 7.81. The van der Waals surface area contributed by atoms with Crippen molar-refractivity contribution in [2.75, 3.05) is 53.0 Å². The van der Waals surface area contributed by atoms with Crippen LogP contribution in [0.15, 0.2) is 0 Å². The van der Waals surface area contributed by atoms with Crippen LogP contribution < -0.4 is 0 Å². The molecule has 1 fully saturated rings. The Hall–Kier alpha value is -0.120. The van der Waals surface area contributed by atoms with Crippen LogP contribution in [0.1, 0.15) is 32.6 Å². The van der Waals surface area contributed by atoms with Gasteiger partial charge in [0, 0.05) is 39.8 Å². The average molecular weight is 228 g/mol. The van der Waals surface area contributed by atoms with Crippen LogP contribution in [0.2, 0.25) is 0 Å². The van der Waals surface area contributed by atoms with E-state index in [0.717, 1.165) is 13.2 Å². The van der Waals surface area contributed by atoms with E-state index in [-0.39, 0.29) is 0 Å². The molecule has 16 heavy (non-hydrogen) atoms. The second kappa shape index (κ2) is 8.97. The van der Waals surface area contributed by atoms with E-state index in [4.69, 9.17) is 4.74 Å². The molecule has 0 radical (unpaired) electrons. The van der Waals surface area contributed by atoms with E-state index in [1.165, 1.54) is 58.4 Å². The number of nitrogens with zero attached hydrogens (tertiary/aromatic N) is 2. The fraction of sp³-hybridized carbons (Fsp3) is 1.00. The summed E-state index contributed by atoms with van der Waals surface area (Å²) in [7, 11) is 1.78. The topological polar surface area (TPSA) is 15.7 Å². The third-order valence-electron chi connectivity index (χ3n) is 3.40. The maximum Gasteiger partial charge on any atom is 0.0589 e. The van der Waals surface area contributed by atoms with E-state index < -0.39 is 0 Å². The van der Waals surface area contributed by atoms with Gasteiger partial charge in [0.25, 0.3) is 0 Å². The van der Waals surface area contributed by atoms with Crippen LogP contribution in [0.3, 0.4) is 0 Å². The van der Waals surface area contributed by atoms with Crippen molar-refractivity contribution >= 4 is 0 Å². The molecule has 96 valence electrons. The van der Waals surface area contributed by atoms with Gasteiger partial charge >= 0.3 is 0 Å². The van der Waals surface area contributed by atoms with Crippen LogP contribution in [0, 0.1) is 0 Å². The summed E-state index contributed by atoms with van der Waals surface area (Å²) in [5.41, 5.74) is 0. The second-order valence-electron chi connectivity index (χ2n) is 4.74. The Morgan fingerprint density at radius 1 is 0.875 bits per heavy atom. The highest BCUT2D eigenvalue weighted by atomic mass is 16.5. The second-order valence-corrected chi connectivity index (χ2v) is 4.74. The van der Waals surface area contributed by atoms with Crippen LogP contribution in [-0.4, -0.2) is 62.8 Å². The molecular weight excluding hydrogens is 200 g/mol. The Balaban J connectivity index is 1.98. The van der Waals surface area contributed by atoms with E-state index in [1.54, 1.807) is 7.11 Å². The molecule has 0 saturated carbocycles. The number of methoxy groups -OCH3 is 1. The molecular formula is C13H28N2O. The molecule has 1 heterocycles. The fourth-order valence-electron chi connectivity index (χ4n) is 2.22. The van der Waals surface area contributed by atoms with Crippen LogP contribution in [-0.2, 0) is 4.74 Å². The molecule has 0 aromatic heterocycles. The van der Waals surface area contributed by atoms with Crippen molar-refractivity contribution in [3.63, 3.8) is 0 Å². The minimum absolute atomic E-state index is 0.872. The van der Waals surface area contributed by atoms with E-state index in [2.05, 4.69) is 16.7 Å². The average Bonchev–Trinajstić information content (AvgIpc) is 2.33. The zero-order chi connectivity index (χ0) is 11.6. The van der Waals surface area contributed by atoms with E-state index in [9.17, 15) is 0 Å². The Morgan fingerprint density at radius 3 is 2.06 bits per heavy atom. The smallest absolute Gasteiger partial charge is 0.0589 e. The van der Waals surface area contributed by atoms with Crippen molar-refractivity contribution in [2.24, 2.45) is 0 Å². The Bertz CT molecular complexity index is 156. The van der Waals surface area contributed by atoms with Gasteiger partial charge in [0.1, 0.15) is 0 Å². The molecule has 0 aliphatic carbocycles. The molecule has 0 atom stereocenters. The monoisotopic (exact) mass is 228 g/mol. The number of hydrogen-bond donors (Lipinski definition) is 0. The standard InChI is InChI=1S/C13H28N2O/c1-3-4-5-6-7-14-8-10-15(11-9-14)12-13-16-2/h3-13H2,1-2H3. The fourth-order valence-corrected chi connectivity index (χ4v) is 2.22. The molecule has 0 amide bonds. The largest absolute Gasteiger partial charge is 0.383 e. The number of piperazine rings is 1. The van der Waals surface area contributed by atoms with Crippen molar-refractivity contribution in [3.05, 3.63) is 0 Å². The van der Waals surface area contributed by atoms with E-state index in [1.807, 2.05) is 0 Å². The number of unbranched alkanes of at least 4 members (excludes halogenated alkanes) is 3. The Labute approximate surface area is 101 Å². The number of ether oxygens (including phenoxy) is 1. The summed E-state index contributed by atoms with van der Waals surface area (Å²) in [5.74, 6) is 0. The van der Waals surface area contributed by atoms with Crippen molar-refractivity contribution < 1.29 is 4.74 Å². The van der Waals surface area contributed by atoms with Gasteiger partial charge in [-0.2, -0.15) is 0 Å². The summed E-state index contributed by atoms with van der Waals surface area (Å²) in [6.45, 7) is 10.5. The first-order chi connectivity index (χ1) is 7.86. The first-order valence-corrected chi connectivity index (χ1v) is 6.80. The normalized spacial score (nSPS) is 19.1. The molecule has 0 bridgehead atoms. The van der Waals surface area contributed by atoms with Crippen molar-refractivity contribution in [2.45, 2.75) is 32.6 Å². The predicted molar refractivity (Wildman–Crippen MR) is 68.9 cm³/mol. The molecule has 0 unspecified atom stereocenters. The zero-order valence-corrected chi connectivity index (χ0v) is 11.1. The van der Waals surface area contributed by atoms with Gasteiger partial charge in [-0.3, -0.25) is 4.90 Å². The van der Waals surface area contributed by atoms with E-state index >= 15 is 0 Å². The third kappa shape index (κ3) is 5.83. The molecule has 0 spiro atoms. The van der Waals surface area contributed by atoms with Crippen molar-refractivity contribution in [3.8, 4) is 0 Å². The lowest BCUT2D eigenvalue weighted by Crippen LogP contribution is -2.47. The van der Waals surface area contributed by atoms with Gasteiger partial charge in [-0.1, -0.05) is 26.2 Å². The third-order valence-corrected chi connectivity index (χ3v) is 3.40. The van der Waals surface area contributed by atoms with Gasteiger partial charge in [-0.15, -0.1) is 0 Å². The van der Waals surface area contributed by atoms with Gasteiger partial charge in [-0.05, 0) is 13.0 Å². The minimum Gasteiger partial charge on any atom is -0.383 e. The highest BCUT2D eigenvalue weighted by Gasteiger charge is 2.15. The van der Waals surface area contributed by atoms with Gasteiger partial charge < -0.3 is 9.64 Å². The van der Waals surface area contributed by atoms with Crippen LogP contribution in [0.25, 0.3) is 0 Å². The summed E-state index contributed by atoms with van der Waals surface area (Å²) in [6, 6.07) is 0. The summed E-state index contributed by atoms with van der Waals surface area (Å²) in [6.07, 6.45) is 5.52. The first kappa shape index (κ1) is 13.9. The van der Waals surface area contributed by atoms with Gasteiger partial charge in [0.05, 0.1) is 6.61 Å². The molecule has 0 aromatic carbocycles. The quantitative estimate of drug-likeness (QED) is 0.590. The molecule has 1 rings (SSSR count). The molecule has 3 nitrogen and oxygen atoms in total. The summed E-state index contributed by atoms with van der Waals surface area (Å²) < 4.78 is 5.11. The van der Waals surface area contributed by atoms with Gasteiger partial charge in [-0.25, -0.2) is 0 Å². The van der Waals surface area contributed by atoms with Gasteiger partial charge in [0.15, 0.2) is 0 Å². The number of rotatable bonds is 8. The zero-order valence-electron chi connectivity index (χ0n) is 11.1. The minimum atomic E-state index is 0.872. The maximum absolute atomic E-state index is 5.11. The molecule has 0 N–H and O–H groups in total. The summed E-state index contributed by atoms with van der Waals surface area (Å²) in [5, 5.41) is 0. The van der Waals surface area contributed by atoms with Gasteiger partial charge in [0.2, 0.25) is 0 Å². The molecule has 1 aliphatic rings. The highest BCUT2D eigenvalue weighted by molar-refractivity contribution is 4.71. The Morgan fingerprint density at radius 2 is 1.50 bits per heavy atom. The van der Waals surface area contributed by atoms with Crippen LogP contribution in [0.4, 0.5) is 0 Å². The van der Waals surface area contributed by atoms with Crippen molar-refractivity contribution in [1.82, 2.24) is 9.80 Å². The van der Waals surface area contributed by atoms with Crippen molar-refractivity contribution in [1.29, 1.82) is 0 Å². The van der Waals surface area contributed by atoms with Crippen LogP contribution >= 0.6 is 0 Å². The summed E-state index contributed by atoms with van der Waals surface area (Å²) in [4.78, 5) is 5.12. The lowest BCUT2D eigenvalue weighted by Gasteiger charge is -2.34. The molecule has 1 saturated heterocycles. The molecule has 0 aromatic rings. The lowest BCUT2D eigenvalue weighted by molar-refractivity contribution is 0.0961. The SMILES string of the molecule is CCCCCCN1CCN(CCOC)CC1. The molecule has 3 heteroatoms. The van der Waals surface area contributed by atoms with E-state index in [0.29, 0.717) is 0 Å². The number of hydrogen-bond acceptors (Lipinski definition) is 3. The highest BCUT2D eigenvalue weighted by Crippen LogP contribution is 2.05. The first-order valence-electron chi connectivity index (χ1n) is 6.80. The predicted octanol–water partition coefficient (Wildman–Crippen LogP) is 1.83.